The molecule has 0 aromatic heterocycles. The number of hydrogen-bond donors (Lipinski definition) is 2. The number of hydrogen-bond acceptors (Lipinski definition) is 2. The van der Waals surface area contributed by atoms with Gasteiger partial charge < -0.3 is 10.6 Å². The molecule has 0 fully saturated rings. The fraction of sp³-hybridized carbons (Fsp3) is 0.350. The van der Waals surface area contributed by atoms with Crippen LogP contribution in [0.25, 0.3) is 0 Å². The van der Waals surface area contributed by atoms with E-state index in [0.717, 1.165) is 11.3 Å². The van der Waals surface area contributed by atoms with Gasteiger partial charge in [-0.05, 0) is 36.5 Å². The maximum absolute atomic E-state index is 12.1. The Hall–Kier alpha value is -2.29. The summed E-state index contributed by atoms with van der Waals surface area (Å²) in [7, 11) is 0. The third-order valence-corrected chi connectivity index (χ3v) is 3.96. The SMILES string of the molecule is Cc1ccc(CNC(=O)CNc2c(C)cccc2C(C)C)cc1. The van der Waals surface area contributed by atoms with Crippen molar-refractivity contribution in [3.8, 4) is 0 Å². The van der Waals surface area contributed by atoms with E-state index in [2.05, 4.69) is 68.7 Å². The highest BCUT2D eigenvalue weighted by atomic mass is 16.1. The molecule has 1 amide bonds. The predicted molar refractivity (Wildman–Crippen MR) is 96.8 cm³/mol. The summed E-state index contributed by atoms with van der Waals surface area (Å²) in [5.74, 6) is 0.427. The second kappa shape index (κ2) is 7.82. The van der Waals surface area contributed by atoms with Crippen molar-refractivity contribution in [2.24, 2.45) is 0 Å². The number of amides is 1. The first kappa shape index (κ1) is 17.1. The smallest absolute Gasteiger partial charge is 0.239 e. The van der Waals surface area contributed by atoms with Gasteiger partial charge in [-0.25, -0.2) is 0 Å². The average Bonchev–Trinajstić information content (AvgIpc) is 2.52. The van der Waals surface area contributed by atoms with E-state index in [0.29, 0.717) is 12.5 Å². The molecule has 2 aromatic rings. The Morgan fingerprint density at radius 3 is 2.39 bits per heavy atom. The molecule has 0 bridgehead atoms. The van der Waals surface area contributed by atoms with Gasteiger partial charge in [0.1, 0.15) is 0 Å². The third-order valence-electron chi connectivity index (χ3n) is 3.96. The molecule has 0 atom stereocenters. The van der Waals surface area contributed by atoms with Gasteiger partial charge in [-0.3, -0.25) is 4.79 Å². The summed E-state index contributed by atoms with van der Waals surface area (Å²) in [5, 5.41) is 6.25. The highest BCUT2D eigenvalue weighted by molar-refractivity contribution is 5.81. The van der Waals surface area contributed by atoms with Crippen LogP contribution in [0.2, 0.25) is 0 Å². The number of carbonyl (C=O) groups is 1. The van der Waals surface area contributed by atoms with Crippen molar-refractivity contribution in [3.63, 3.8) is 0 Å². The van der Waals surface area contributed by atoms with Gasteiger partial charge >= 0.3 is 0 Å². The van der Waals surface area contributed by atoms with Crippen LogP contribution < -0.4 is 10.6 Å². The second-order valence-corrected chi connectivity index (χ2v) is 6.31. The molecule has 0 spiro atoms. The lowest BCUT2D eigenvalue weighted by Crippen LogP contribution is -2.29. The zero-order valence-electron chi connectivity index (χ0n) is 14.4. The first-order valence-corrected chi connectivity index (χ1v) is 8.13. The van der Waals surface area contributed by atoms with Gasteiger partial charge in [0.15, 0.2) is 0 Å². The van der Waals surface area contributed by atoms with Crippen molar-refractivity contribution >= 4 is 11.6 Å². The first-order chi connectivity index (χ1) is 11.0. The van der Waals surface area contributed by atoms with Crippen molar-refractivity contribution in [3.05, 3.63) is 64.7 Å². The summed E-state index contributed by atoms with van der Waals surface area (Å²) in [6.45, 7) is 9.30. The molecule has 0 aliphatic heterocycles. The lowest BCUT2D eigenvalue weighted by molar-refractivity contribution is -0.119. The van der Waals surface area contributed by atoms with E-state index < -0.39 is 0 Å². The molecule has 0 radical (unpaired) electrons. The quantitative estimate of drug-likeness (QED) is 0.841. The van der Waals surface area contributed by atoms with Crippen LogP contribution in [0.15, 0.2) is 42.5 Å². The minimum atomic E-state index is 0.00327. The molecule has 0 unspecified atom stereocenters. The van der Waals surface area contributed by atoms with Crippen molar-refractivity contribution in [1.29, 1.82) is 0 Å². The highest BCUT2D eigenvalue weighted by Gasteiger charge is 2.10. The largest absolute Gasteiger partial charge is 0.376 e. The molecular weight excluding hydrogens is 284 g/mol. The monoisotopic (exact) mass is 310 g/mol. The van der Waals surface area contributed by atoms with Crippen LogP contribution in [-0.4, -0.2) is 12.5 Å². The number of aryl methyl sites for hydroxylation is 2. The summed E-state index contributed by atoms with van der Waals surface area (Å²) in [5.41, 5.74) is 5.83. The van der Waals surface area contributed by atoms with E-state index in [1.54, 1.807) is 0 Å². The van der Waals surface area contributed by atoms with Crippen LogP contribution in [0.3, 0.4) is 0 Å². The predicted octanol–water partition coefficient (Wildman–Crippen LogP) is 4.16. The Balaban J connectivity index is 1.91. The Kier molecular flexibility index (Phi) is 5.80. The molecular formula is C20H26N2O. The maximum Gasteiger partial charge on any atom is 0.239 e. The van der Waals surface area contributed by atoms with E-state index in [4.69, 9.17) is 0 Å². The number of nitrogens with one attached hydrogen (secondary N) is 2. The van der Waals surface area contributed by atoms with Crippen LogP contribution in [-0.2, 0) is 11.3 Å². The zero-order valence-corrected chi connectivity index (χ0v) is 14.4. The normalized spacial score (nSPS) is 10.7. The van der Waals surface area contributed by atoms with Gasteiger partial charge in [0.25, 0.3) is 0 Å². The van der Waals surface area contributed by atoms with Crippen molar-refractivity contribution in [1.82, 2.24) is 5.32 Å². The summed E-state index contributed by atoms with van der Waals surface area (Å²) in [6.07, 6.45) is 0. The summed E-state index contributed by atoms with van der Waals surface area (Å²) in [4.78, 5) is 12.1. The molecule has 122 valence electrons. The van der Waals surface area contributed by atoms with Crippen LogP contribution in [0.5, 0.6) is 0 Å². The Morgan fingerprint density at radius 1 is 1.04 bits per heavy atom. The van der Waals surface area contributed by atoms with E-state index in [9.17, 15) is 4.79 Å². The minimum absolute atomic E-state index is 0.00327. The Bertz CT molecular complexity index is 660. The number of carbonyl (C=O) groups excluding carboxylic acids is 1. The van der Waals surface area contributed by atoms with E-state index in [1.165, 1.54) is 16.7 Å². The van der Waals surface area contributed by atoms with Crippen LogP contribution in [0.1, 0.15) is 42.0 Å². The molecule has 2 aromatic carbocycles. The topological polar surface area (TPSA) is 41.1 Å². The number of benzene rings is 2. The highest BCUT2D eigenvalue weighted by Crippen LogP contribution is 2.27. The van der Waals surface area contributed by atoms with E-state index >= 15 is 0 Å². The average molecular weight is 310 g/mol. The van der Waals surface area contributed by atoms with Crippen LogP contribution in [0.4, 0.5) is 5.69 Å². The zero-order chi connectivity index (χ0) is 16.8. The van der Waals surface area contributed by atoms with Gasteiger partial charge in [-0.2, -0.15) is 0 Å². The van der Waals surface area contributed by atoms with Gasteiger partial charge in [0.2, 0.25) is 5.91 Å². The molecule has 0 saturated carbocycles. The minimum Gasteiger partial charge on any atom is -0.376 e. The fourth-order valence-electron chi connectivity index (χ4n) is 2.55. The number of para-hydroxylation sites is 1. The van der Waals surface area contributed by atoms with Crippen molar-refractivity contribution in [2.45, 2.75) is 40.2 Å². The van der Waals surface area contributed by atoms with Gasteiger partial charge in [-0.15, -0.1) is 0 Å². The molecule has 2 rings (SSSR count). The van der Waals surface area contributed by atoms with Crippen LogP contribution in [0, 0.1) is 13.8 Å². The molecule has 2 N–H and O–H groups in total. The summed E-state index contributed by atoms with van der Waals surface area (Å²) in [6, 6.07) is 14.4. The molecule has 23 heavy (non-hydrogen) atoms. The van der Waals surface area contributed by atoms with Gasteiger partial charge in [0.05, 0.1) is 6.54 Å². The lowest BCUT2D eigenvalue weighted by Gasteiger charge is -2.17. The van der Waals surface area contributed by atoms with Gasteiger partial charge in [-0.1, -0.05) is 61.9 Å². The van der Waals surface area contributed by atoms with E-state index in [1.807, 2.05) is 12.1 Å². The summed E-state index contributed by atoms with van der Waals surface area (Å²) < 4.78 is 0. The first-order valence-electron chi connectivity index (χ1n) is 8.13. The number of anilines is 1. The molecule has 3 heteroatoms. The Labute approximate surface area is 139 Å². The molecule has 0 saturated heterocycles. The fourth-order valence-corrected chi connectivity index (χ4v) is 2.55. The van der Waals surface area contributed by atoms with Crippen molar-refractivity contribution < 1.29 is 4.79 Å². The maximum atomic E-state index is 12.1. The molecule has 3 nitrogen and oxygen atoms in total. The van der Waals surface area contributed by atoms with E-state index in [-0.39, 0.29) is 12.5 Å². The van der Waals surface area contributed by atoms with Crippen LogP contribution >= 0.6 is 0 Å². The molecule has 0 aliphatic rings. The molecule has 0 aliphatic carbocycles. The standard InChI is InChI=1S/C20H26N2O/c1-14(2)18-7-5-6-16(4)20(18)22-13-19(23)21-12-17-10-8-15(3)9-11-17/h5-11,14,22H,12-13H2,1-4H3,(H,21,23). The van der Waals surface area contributed by atoms with Crippen molar-refractivity contribution in [2.75, 3.05) is 11.9 Å². The molecule has 0 heterocycles. The summed E-state index contributed by atoms with van der Waals surface area (Å²) >= 11 is 0. The number of rotatable bonds is 6. The second-order valence-electron chi connectivity index (χ2n) is 6.31. The third kappa shape index (κ3) is 4.85. The lowest BCUT2D eigenvalue weighted by atomic mass is 9.98. The Morgan fingerprint density at radius 2 is 1.74 bits per heavy atom. The van der Waals surface area contributed by atoms with Gasteiger partial charge in [0, 0.05) is 12.2 Å².